The SMILES string of the molecule is C[C@@H](Cc1ccsc1)N(C)S(=O)(=O)c1cnn(C)c1. The van der Waals surface area contributed by atoms with Gasteiger partial charge in [0.2, 0.25) is 10.0 Å². The van der Waals surface area contributed by atoms with Crippen LogP contribution in [-0.2, 0) is 23.5 Å². The van der Waals surface area contributed by atoms with Crippen LogP contribution >= 0.6 is 11.3 Å². The normalized spacial score (nSPS) is 13.9. The smallest absolute Gasteiger partial charge is 0.246 e. The third-order valence-electron chi connectivity index (χ3n) is 3.09. The second-order valence-electron chi connectivity index (χ2n) is 4.56. The number of hydrogen-bond donors (Lipinski definition) is 0. The Balaban J connectivity index is 2.16. The molecule has 104 valence electrons. The Hall–Kier alpha value is -1.18. The number of rotatable bonds is 5. The summed E-state index contributed by atoms with van der Waals surface area (Å²) in [6.45, 7) is 1.91. The zero-order chi connectivity index (χ0) is 14.0. The number of nitrogens with zero attached hydrogens (tertiary/aromatic N) is 3. The third-order valence-corrected chi connectivity index (χ3v) is 5.75. The van der Waals surface area contributed by atoms with E-state index >= 15 is 0 Å². The summed E-state index contributed by atoms with van der Waals surface area (Å²) in [5.41, 5.74) is 1.16. The van der Waals surface area contributed by atoms with Crippen molar-refractivity contribution in [3.63, 3.8) is 0 Å². The molecule has 2 heterocycles. The van der Waals surface area contributed by atoms with Gasteiger partial charge >= 0.3 is 0 Å². The minimum absolute atomic E-state index is 0.0974. The van der Waals surface area contributed by atoms with Crippen LogP contribution in [0.15, 0.2) is 34.1 Å². The van der Waals surface area contributed by atoms with Crippen molar-refractivity contribution >= 4 is 21.4 Å². The predicted octanol–water partition coefficient (Wildman–Crippen LogP) is 1.73. The van der Waals surface area contributed by atoms with Gasteiger partial charge in [-0.3, -0.25) is 4.68 Å². The van der Waals surface area contributed by atoms with Crippen LogP contribution in [0.1, 0.15) is 12.5 Å². The van der Waals surface area contributed by atoms with Crippen LogP contribution < -0.4 is 0 Å². The minimum Gasteiger partial charge on any atom is -0.274 e. The minimum atomic E-state index is -3.47. The quantitative estimate of drug-likeness (QED) is 0.845. The molecule has 7 heteroatoms. The van der Waals surface area contributed by atoms with Crippen molar-refractivity contribution in [2.45, 2.75) is 24.3 Å². The van der Waals surface area contributed by atoms with Gasteiger partial charge in [0.05, 0.1) is 6.20 Å². The summed E-state index contributed by atoms with van der Waals surface area (Å²) in [5, 5.41) is 7.95. The molecular weight excluding hydrogens is 282 g/mol. The van der Waals surface area contributed by atoms with Gasteiger partial charge in [0.25, 0.3) is 0 Å². The lowest BCUT2D eigenvalue weighted by Gasteiger charge is -2.23. The lowest BCUT2D eigenvalue weighted by Crippen LogP contribution is -2.36. The van der Waals surface area contributed by atoms with Gasteiger partial charge in [-0.1, -0.05) is 0 Å². The highest BCUT2D eigenvalue weighted by Gasteiger charge is 2.26. The molecule has 0 radical (unpaired) electrons. The van der Waals surface area contributed by atoms with Crippen LogP contribution in [0.5, 0.6) is 0 Å². The molecular formula is C12H17N3O2S2. The van der Waals surface area contributed by atoms with E-state index in [0.29, 0.717) is 6.42 Å². The summed E-state index contributed by atoms with van der Waals surface area (Å²) in [7, 11) is -0.154. The van der Waals surface area contributed by atoms with Gasteiger partial charge in [-0.2, -0.15) is 20.7 Å². The monoisotopic (exact) mass is 299 g/mol. The average molecular weight is 299 g/mol. The highest BCUT2D eigenvalue weighted by Crippen LogP contribution is 2.18. The lowest BCUT2D eigenvalue weighted by atomic mass is 10.1. The maximum absolute atomic E-state index is 12.4. The first-order chi connectivity index (χ1) is 8.91. The Morgan fingerprint density at radius 2 is 2.26 bits per heavy atom. The molecule has 0 aliphatic heterocycles. The Labute approximate surface area is 117 Å². The number of hydrogen-bond acceptors (Lipinski definition) is 4. The largest absolute Gasteiger partial charge is 0.274 e. The second-order valence-corrected chi connectivity index (χ2v) is 7.33. The van der Waals surface area contributed by atoms with E-state index in [-0.39, 0.29) is 10.9 Å². The highest BCUT2D eigenvalue weighted by molar-refractivity contribution is 7.89. The highest BCUT2D eigenvalue weighted by atomic mass is 32.2. The molecule has 0 aliphatic carbocycles. The maximum atomic E-state index is 12.4. The molecule has 0 bridgehead atoms. The topological polar surface area (TPSA) is 55.2 Å². The van der Waals surface area contributed by atoms with E-state index in [2.05, 4.69) is 5.10 Å². The molecule has 0 N–H and O–H groups in total. The fourth-order valence-electron chi connectivity index (χ4n) is 1.81. The van der Waals surface area contributed by atoms with Crippen LogP contribution in [0, 0.1) is 0 Å². The van der Waals surface area contributed by atoms with Gasteiger partial charge in [0.1, 0.15) is 4.90 Å². The molecule has 19 heavy (non-hydrogen) atoms. The van der Waals surface area contributed by atoms with Crippen LogP contribution in [0.4, 0.5) is 0 Å². The number of thiophene rings is 1. The molecule has 0 saturated carbocycles. The van der Waals surface area contributed by atoms with E-state index < -0.39 is 10.0 Å². The Morgan fingerprint density at radius 1 is 1.53 bits per heavy atom. The Morgan fingerprint density at radius 3 is 2.79 bits per heavy atom. The summed E-state index contributed by atoms with van der Waals surface area (Å²) in [6, 6.07) is 1.92. The molecule has 0 unspecified atom stereocenters. The van der Waals surface area contributed by atoms with E-state index in [1.807, 2.05) is 23.8 Å². The molecule has 0 fully saturated rings. The lowest BCUT2D eigenvalue weighted by molar-refractivity contribution is 0.387. The first-order valence-corrected chi connectivity index (χ1v) is 8.27. The van der Waals surface area contributed by atoms with Crippen LogP contribution in [-0.4, -0.2) is 35.6 Å². The first-order valence-electron chi connectivity index (χ1n) is 5.89. The third kappa shape index (κ3) is 3.05. The van der Waals surface area contributed by atoms with Crippen molar-refractivity contribution in [3.8, 4) is 0 Å². The molecule has 0 aliphatic rings. The standard InChI is InChI=1S/C12H17N3O2S2/c1-10(6-11-4-5-18-9-11)15(3)19(16,17)12-7-13-14(2)8-12/h4-5,7-10H,6H2,1-3H3/t10-/m0/s1. The Bertz CT molecular complexity index is 632. The van der Waals surface area contributed by atoms with E-state index in [1.54, 1.807) is 25.4 Å². The van der Waals surface area contributed by atoms with Crippen molar-refractivity contribution in [1.82, 2.24) is 14.1 Å². The van der Waals surface area contributed by atoms with Gasteiger partial charge in [0, 0.05) is 26.3 Å². The Kier molecular flexibility index (Phi) is 4.07. The molecule has 1 atom stereocenters. The number of aryl methyl sites for hydroxylation is 1. The van der Waals surface area contributed by atoms with Crippen LogP contribution in [0.2, 0.25) is 0 Å². The zero-order valence-electron chi connectivity index (χ0n) is 11.1. The van der Waals surface area contributed by atoms with Crippen LogP contribution in [0.25, 0.3) is 0 Å². The van der Waals surface area contributed by atoms with Crippen LogP contribution in [0.3, 0.4) is 0 Å². The average Bonchev–Trinajstić information content (AvgIpc) is 2.99. The van der Waals surface area contributed by atoms with Crippen molar-refractivity contribution in [2.75, 3.05) is 7.05 Å². The van der Waals surface area contributed by atoms with Crippen molar-refractivity contribution in [1.29, 1.82) is 0 Å². The molecule has 0 saturated heterocycles. The van der Waals surface area contributed by atoms with Crippen molar-refractivity contribution < 1.29 is 8.42 Å². The van der Waals surface area contributed by atoms with E-state index in [1.165, 1.54) is 21.4 Å². The molecule has 0 amide bonds. The summed E-state index contributed by atoms with van der Waals surface area (Å²) in [6.07, 6.45) is 3.60. The predicted molar refractivity (Wildman–Crippen MR) is 75.6 cm³/mol. The van der Waals surface area contributed by atoms with E-state index in [4.69, 9.17) is 0 Å². The molecule has 0 spiro atoms. The van der Waals surface area contributed by atoms with Crippen molar-refractivity contribution in [2.24, 2.45) is 7.05 Å². The molecule has 5 nitrogen and oxygen atoms in total. The fraction of sp³-hybridized carbons (Fsp3) is 0.417. The number of sulfonamides is 1. The number of aromatic nitrogens is 2. The molecule has 2 aromatic rings. The van der Waals surface area contributed by atoms with E-state index in [9.17, 15) is 8.42 Å². The summed E-state index contributed by atoms with van der Waals surface area (Å²) < 4.78 is 27.7. The molecule has 0 aromatic carbocycles. The second kappa shape index (κ2) is 5.44. The summed E-state index contributed by atoms with van der Waals surface area (Å²) >= 11 is 1.62. The fourth-order valence-corrected chi connectivity index (χ4v) is 3.84. The van der Waals surface area contributed by atoms with E-state index in [0.717, 1.165) is 5.56 Å². The first kappa shape index (κ1) is 14.2. The van der Waals surface area contributed by atoms with Gasteiger partial charge in [-0.15, -0.1) is 0 Å². The maximum Gasteiger partial charge on any atom is 0.246 e. The summed E-state index contributed by atoms with van der Waals surface area (Å²) in [4.78, 5) is 0.231. The molecule has 2 rings (SSSR count). The van der Waals surface area contributed by atoms with Crippen molar-refractivity contribution in [3.05, 3.63) is 34.8 Å². The molecule has 2 aromatic heterocycles. The van der Waals surface area contributed by atoms with Gasteiger partial charge < -0.3 is 0 Å². The van der Waals surface area contributed by atoms with Gasteiger partial charge in [0.15, 0.2) is 0 Å². The van der Waals surface area contributed by atoms with Gasteiger partial charge in [-0.25, -0.2) is 8.42 Å². The zero-order valence-corrected chi connectivity index (χ0v) is 12.8. The van der Waals surface area contributed by atoms with Gasteiger partial charge in [-0.05, 0) is 35.7 Å². The summed E-state index contributed by atoms with van der Waals surface area (Å²) in [5.74, 6) is 0. The number of likely N-dealkylation sites (N-methyl/N-ethyl adjacent to an activating group) is 1.